The first-order valence-corrected chi connectivity index (χ1v) is 7.34. The van der Waals surface area contributed by atoms with Crippen molar-refractivity contribution in [2.24, 2.45) is 5.73 Å². The van der Waals surface area contributed by atoms with E-state index in [9.17, 15) is 0 Å². The van der Waals surface area contributed by atoms with E-state index < -0.39 is 0 Å². The SMILES string of the molecule is Cc1nnc(N(C)C(C)c2ccc(Cl)cc2)c(CN)c1C. The standard InChI is InChI=1S/C16H21ClN4/c1-10-11(2)19-20-16(15(10)9-18)21(4)12(3)13-5-7-14(17)8-6-13/h5-8,12H,9,18H2,1-4H3. The second-order valence-corrected chi connectivity index (χ2v) is 5.69. The van der Waals surface area contributed by atoms with E-state index in [0.717, 1.165) is 27.7 Å². The maximum Gasteiger partial charge on any atom is 0.156 e. The Kier molecular flexibility index (Phi) is 4.80. The molecule has 4 nitrogen and oxygen atoms in total. The summed E-state index contributed by atoms with van der Waals surface area (Å²) >= 11 is 5.95. The Labute approximate surface area is 130 Å². The number of hydrogen-bond donors (Lipinski definition) is 1. The topological polar surface area (TPSA) is 55.0 Å². The Bertz CT molecular complexity index is 625. The second kappa shape index (κ2) is 6.41. The molecule has 1 unspecified atom stereocenters. The zero-order valence-corrected chi connectivity index (χ0v) is 13.6. The summed E-state index contributed by atoms with van der Waals surface area (Å²) in [7, 11) is 2.01. The number of rotatable bonds is 4. The Morgan fingerprint density at radius 3 is 2.38 bits per heavy atom. The molecular formula is C16H21ClN4. The van der Waals surface area contributed by atoms with Crippen LogP contribution in [-0.2, 0) is 6.54 Å². The van der Waals surface area contributed by atoms with Crippen molar-refractivity contribution in [1.82, 2.24) is 10.2 Å². The van der Waals surface area contributed by atoms with Gasteiger partial charge in [0, 0.05) is 24.2 Å². The fourth-order valence-electron chi connectivity index (χ4n) is 2.32. The van der Waals surface area contributed by atoms with E-state index in [2.05, 4.69) is 22.0 Å². The lowest BCUT2D eigenvalue weighted by Crippen LogP contribution is -2.25. The summed E-state index contributed by atoms with van der Waals surface area (Å²) in [5.41, 5.74) is 10.2. The van der Waals surface area contributed by atoms with Crippen LogP contribution in [0.3, 0.4) is 0 Å². The third kappa shape index (κ3) is 3.17. The molecule has 0 aliphatic rings. The summed E-state index contributed by atoms with van der Waals surface area (Å²) in [6, 6.07) is 8.01. The number of hydrogen-bond acceptors (Lipinski definition) is 4. The predicted octanol–water partition coefficient (Wildman–Crippen LogP) is 3.40. The molecule has 1 heterocycles. The molecule has 0 saturated heterocycles. The zero-order chi connectivity index (χ0) is 15.6. The van der Waals surface area contributed by atoms with E-state index in [1.807, 2.05) is 45.2 Å². The van der Waals surface area contributed by atoms with Crippen LogP contribution in [0.25, 0.3) is 0 Å². The average molecular weight is 305 g/mol. The van der Waals surface area contributed by atoms with Gasteiger partial charge in [0.05, 0.1) is 11.7 Å². The molecule has 1 aromatic carbocycles. The lowest BCUT2D eigenvalue weighted by atomic mass is 10.1. The molecule has 21 heavy (non-hydrogen) atoms. The van der Waals surface area contributed by atoms with Crippen LogP contribution in [0, 0.1) is 13.8 Å². The molecular weight excluding hydrogens is 284 g/mol. The molecule has 0 bridgehead atoms. The molecule has 1 atom stereocenters. The highest BCUT2D eigenvalue weighted by Crippen LogP contribution is 2.28. The summed E-state index contributed by atoms with van der Waals surface area (Å²) in [6.07, 6.45) is 0. The van der Waals surface area contributed by atoms with Gasteiger partial charge in [0.15, 0.2) is 5.82 Å². The summed E-state index contributed by atoms with van der Waals surface area (Å²) < 4.78 is 0. The number of nitrogens with two attached hydrogens (primary N) is 1. The zero-order valence-electron chi connectivity index (χ0n) is 12.9. The van der Waals surface area contributed by atoms with Crippen LogP contribution in [0.1, 0.15) is 35.3 Å². The minimum absolute atomic E-state index is 0.156. The first kappa shape index (κ1) is 15.7. The van der Waals surface area contributed by atoms with Crippen LogP contribution < -0.4 is 10.6 Å². The van der Waals surface area contributed by atoms with Crippen molar-refractivity contribution in [3.05, 3.63) is 51.7 Å². The van der Waals surface area contributed by atoms with E-state index in [-0.39, 0.29) is 6.04 Å². The lowest BCUT2D eigenvalue weighted by Gasteiger charge is -2.28. The quantitative estimate of drug-likeness (QED) is 0.940. The third-order valence-corrected chi connectivity index (χ3v) is 4.28. The number of nitrogens with zero attached hydrogens (tertiary/aromatic N) is 3. The van der Waals surface area contributed by atoms with E-state index in [0.29, 0.717) is 6.54 Å². The Morgan fingerprint density at radius 1 is 1.19 bits per heavy atom. The van der Waals surface area contributed by atoms with Gasteiger partial charge in [0.1, 0.15) is 0 Å². The molecule has 0 fully saturated rings. The molecule has 0 spiro atoms. The average Bonchev–Trinajstić information content (AvgIpc) is 2.49. The Morgan fingerprint density at radius 2 is 1.81 bits per heavy atom. The number of benzene rings is 1. The lowest BCUT2D eigenvalue weighted by molar-refractivity contribution is 0.708. The number of aromatic nitrogens is 2. The number of anilines is 1. The molecule has 0 aliphatic heterocycles. The minimum atomic E-state index is 0.156. The molecule has 112 valence electrons. The molecule has 5 heteroatoms. The monoisotopic (exact) mass is 304 g/mol. The van der Waals surface area contributed by atoms with E-state index in [1.54, 1.807) is 0 Å². The summed E-state index contributed by atoms with van der Waals surface area (Å²) in [4.78, 5) is 2.10. The highest BCUT2D eigenvalue weighted by atomic mass is 35.5. The number of aryl methyl sites for hydroxylation is 1. The molecule has 1 aromatic heterocycles. The van der Waals surface area contributed by atoms with Crippen LogP contribution in [0.15, 0.2) is 24.3 Å². The summed E-state index contributed by atoms with van der Waals surface area (Å²) in [5, 5.41) is 9.31. The maximum absolute atomic E-state index is 5.95. The minimum Gasteiger partial charge on any atom is -0.351 e. The van der Waals surface area contributed by atoms with Gasteiger partial charge in [-0.1, -0.05) is 23.7 Å². The van der Waals surface area contributed by atoms with Gasteiger partial charge in [-0.05, 0) is 44.0 Å². The molecule has 2 aromatic rings. The highest BCUT2D eigenvalue weighted by molar-refractivity contribution is 6.30. The molecule has 0 aliphatic carbocycles. The fraction of sp³-hybridized carbons (Fsp3) is 0.375. The second-order valence-electron chi connectivity index (χ2n) is 5.26. The van der Waals surface area contributed by atoms with Gasteiger partial charge in [0.2, 0.25) is 0 Å². The largest absolute Gasteiger partial charge is 0.351 e. The highest BCUT2D eigenvalue weighted by Gasteiger charge is 2.19. The third-order valence-electron chi connectivity index (χ3n) is 4.03. The van der Waals surface area contributed by atoms with E-state index in [1.165, 1.54) is 5.56 Å². The van der Waals surface area contributed by atoms with Crippen molar-refractivity contribution in [2.75, 3.05) is 11.9 Å². The van der Waals surface area contributed by atoms with Gasteiger partial charge in [-0.15, -0.1) is 5.10 Å². The van der Waals surface area contributed by atoms with Gasteiger partial charge >= 0.3 is 0 Å². The van der Waals surface area contributed by atoms with Crippen LogP contribution >= 0.6 is 11.6 Å². The first-order valence-electron chi connectivity index (χ1n) is 6.96. The van der Waals surface area contributed by atoms with Gasteiger partial charge in [-0.3, -0.25) is 0 Å². The summed E-state index contributed by atoms with van der Waals surface area (Å²) in [5.74, 6) is 0.836. The van der Waals surface area contributed by atoms with Crippen LogP contribution in [0.5, 0.6) is 0 Å². The molecule has 0 saturated carbocycles. The number of halogens is 1. The van der Waals surface area contributed by atoms with Crippen molar-refractivity contribution in [3.63, 3.8) is 0 Å². The van der Waals surface area contributed by atoms with E-state index in [4.69, 9.17) is 17.3 Å². The first-order chi connectivity index (χ1) is 9.95. The normalized spacial score (nSPS) is 12.3. The Balaban J connectivity index is 2.37. The predicted molar refractivity (Wildman–Crippen MR) is 87.7 cm³/mol. The summed E-state index contributed by atoms with van der Waals surface area (Å²) in [6.45, 7) is 6.57. The van der Waals surface area contributed by atoms with Gasteiger partial charge in [-0.25, -0.2) is 0 Å². The Hall–Kier alpha value is -1.65. The fourth-order valence-corrected chi connectivity index (χ4v) is 2.45. The van der Waals surface area contributed by atoms with Crippen molar-refractivity contribution in [3.8, 4) is 0 Å². The van der Waals surface area contributed by atoms with Crippen molar-refractivity contribution >= 4 is 17.4 Å². The van der Waals surface area contributed by atoms with E-state index >= 15 is 0 Å². The molecule has 0 amide bonds. The van der Waals surface area contributed by atoms with Crippen LogP contribution in [0.2, 0.25) is 5.02 Å². The van der Waals surface area contributed by atoms with Gasteiger partial charge in [-0.2, -0.15) is 5.10 Å². The maximum atomic E-state index is 5.95. The van der Waals surface area contributed by atoms with Gasteiger partial charge < -0.3 is 10.6 Å². The molecule has 2 rings (SSSR count). The smallest absolute Gasteiger partial charge is 0.156 e. The molecule has 0 radical (unpaired) electrons. The van der Waals surface area contributed by atoms with Crippen LogP contribution in [-0.4, -0.2) is 17.2 Å². The van der Waals surface area contributed by atoms with Crippen molar-refractivity contribution in [1.29, 1.82) is 0 Å². The van der Waals surface area contributed by atoms with Crippen molar-refractivity contribution < 1.29 is 0 Å². The van der Waals surface area contributed by atoms with Crippen molar-refractivity contribution in [2.45, 2.75) is 33.4 Å². The van der Waals surface area contributed by atoms with Gasteiger partial charge in [0.25, 0.3) is 0 Å². The molecule has 2 N–H and O–H groups in total. The van der Waals surface area contributed by atoms with Crippen LogP contribution in [0.4, 0.5) is 5.82 Å².